The quantitative estimate of drug-likeness (QED) is 0.922. The minimum absolute atomic E-state index is 0.238. The van der Waals surface area contributed by atoms with Crippen molar-refractivity contribution in [3.8, 4) is 0 Å². The van der Waals surface area contributed by atoms with Crippen LogP contribution in [0.15, 0.2) is 17.0 Å². The predicted octanol–water partition coefficient (Wildman–Crippen LogP) is 3.16. The standard InChI is InChI=1S/C14H23BrN4/c1-11-5-4-6-14(7-11,19(2)3)9-17-13-12(15)8-16-10-18-13/h8,10-11H,4-7,9H2,1-3H3,(H,16,17,18). The molecule has 1 heterocycles. The molecule has 0 bridgehead atoms. The molecule has 2 atom stereocenters. The van der Waals surface area contributed by atoms with Crippen LogP contribution < -0.4 is 5.32 Å². The summed E-state index contributed by atoms with van der Waals surface area (Å²) in [7, 11) is 4.38. The second kappa shape index (κ2) is 6.18. The number of anilines is 1. The molecule has 1 N–H and O–H groups in total. The number of nitrogens with zero attached hydrogens (tertiary/aromatic N) is 3. The maximum atomic E-state index is 4.28. The molecule has 2 rings (SSSR count). The van der Waals surface area contributed by atoms with E-state index in [-0.39, 0.29) is 5.54 Å². The number of hydrogen-bond donors (Lipinski definition) is 1. The first kappa shape index (κ1) is 14.7. The lowest BCUT2D eigenvalue weighted by atomic mass is 9.75. The molecular formula is C14H23BrN4. The highest BCUT2D eigenvalue weighted by Gasteiger charge is 2.36. The van der Waals surface area contributed by atoms with Crippen molar-refractivity contribution < 1.29 is 0 Å². The summed E-state index contributed by atoms with van der Waals surface area (Å²) in [6.07, 6.45) is 8.52. The second-order valence-corrected chi connectivity index (χ2v) is 6.75. The highest BCUT2D eigenvalue weighted by molar-refractivity contribution is 9.10. The molecule has 4 nitrogen and oxygen atoms in total. The summed E-state index contributed by atoms with van der Waals surface area (Å²) in [5.74, 6) is 1.68. The van der Waals surface area contributed by atoms with Gasteiger partial charge in [-0.25, -0.2) is 9.97 Å². The zero-order valence-electron chi connectivity index (χ0n) is 12.0. The van der Waals surface area contributed by atoms with Crippen LogP contribution in [0.3, 0.4) is 0 Å². The van der Waals surface area contributed by atoms with E-state index in [4.69, 9.17) is 0 Å². The fraction of sp³-hybridized carbons (Fsp3) is 0.714. The van der Waals surface area contributed by atoms with Crippen LogP contribution in [0, 0.1) is 5.92 Å². The number of halogens is 1. The zero-order chi connectivity index (χ0) is 13.9. The third-order valence-electron chi connectivity index (χ3n) is 4.27. The zero-order valence-corrected chi connectivity index (χ0v) is 13.6. The lowest BCUT2D eigenvalue weighted by Gasteiger charge is -2.45. The van der Waals surface area contributed by atoms with Gasteiger partial charge in [-0.15, -0.1) is 0 Å². The first-order valence-electron chi connectivity index (χ1n) is 6.90. The number of aromatic nitrogens is 2. The summed E-state index contributed by atoms with van der Waals surface area (Å²) < 4.78 is 0.924. The van der Waals surface area contributed by atoms with Crippen molar-refractivity contribution in [2.45, 2.75) is 38.1 Å². The third-order valence-corrected chi connectivity index (χ3v) is 4.85. The van der Waals surface area contributed by atoms with Crippen LogP contribution in [-0.4, -0.2) is 41.0 Å². The Labute approximate surface area is 124 Å². The van der Waals surface area contributed by atoms with E-state index >= 15 is 0 Å². The van der Waals surface area contributed by atoms with Gasteiger partial charge in [0.15, 0.2) is 0 Å². The summed E-state index contributed by atoms with van der Waals surface area (Å²) >= 11 is 3.49. The molecule has 5 heteroatoms. The Balaban J connectivity index is 2.07. The number of rotatable bonds is 4. The first-order chi connectivity index (χ1) is 9.03. The Hall–Kier alpha value is -0.680. The Morgan fingerprint density at radius 3 is 2.95 bits per heavy atom. The van der Waals surface area contributed by atoms with Crippen LogP contribution >= 0.6 is 15.9 Å². The molecule has 1 aromatic rings. The molecule has 1 aliphatic carbocycles. The van der Waals surface area contributed by atoms with Gasteiger partial charge in [0.05, 0.1) is 4.47 Å². The molecule has 106 valence electrons. The SMILES string of the molecule is CC1CCCC(CNc2ncncc2Br)(N(C)C)C1. The van der Waals surface area contributed by atoms with Gasteiger partial charge in [0.25, 0.3) is 0 Å². The normalized spacial score (nSPS) is 27.5. The molecule has 1 saturated carbocycles. The smallest absolute Gasteiger partial charge is 0.143 e. The summed E-state index contributed by atoms with van der Waals surface area (Å²) in [6.45, 7) is 3.29. The van der Waals surface area contributed by atoms with Gasteiger partial charge >= 0.3 is 0 Å². The molecule has 2 unspecified atom stereocenters. The van der Waals surface area contributed by atoms with Gasteiger partial charge in [-0.2, -0.15) is 0 Å². The molecular weight excluding hydrogens is 304 g/mol. The predicted molar refractivity (Wildman–Crippen MR) is 82.3 cm³/mol. The number of hydrogen-bond acceptors (Lipinski definition) is 4. The van der Waals surface area contributed by atoms with Crippen molar-refractivity contribution in [3.05, 3.63) is 17.0 Å². The van der Waals surface area contributed by atoms with E-state index in [0.29, 0.717) is 0 Å². The highest BCUT2D eigenvalue weighted by atomic mass is 79.9. The van der Waals surface area contributed by atoms with Crippen LogP contribution in [0.5, 0.6) is 0 Å². The van der Waals surface area contributed by atoms with Gasteiger partial charge in [0.2, 0.25) is 0 Å². The Kier molecular flexibility index (Phi) is 4.79. The Morgan fingerprint density at radius 2 is 2.32 bits per heavy atom. The minimum Gasteiger partial charge on any atom is -0.367 e. The summed E-state index contributed by atoms with van der Waals surface area (Å²) in [5, 5.41) is 3.49. The van der Waals surface area contributed by atoms with Crippen molar-refractivity contribution in [1.29, 1.82) is 0 Å². The summed E-state index contributed by atoms with van der Waals surface area (Å²) in [4.78, 5) is 10.7. The Morgan fingerprint density at radius 1 is 1.53 bits per heavy atom. The largest absolute Gasteiger partial charge is 0.367 e. The van der Waals surface area contributed by atoms with E-state index in [9.17, 15) is 0 Å². The summed E-state index contributed by atoms with van der Waals surface area (Å²) in [6, 6.07) is 0. The van der Waals surface area contributed by atoms with Gasteiger partial charge < -0.3 is 10.2 Å². The topological polar surface area (TPSA) is 41.1 Å². The molecule has 1 fully saturated rings. The van der Waals surface area contributed by atoms with Crippen molar-refractivity contribution in [3.63, 3.8) is 0 Å². The molecule has 1 aliphatic rings. The van der Waals surface area contributed by atoms with E-state index in [0.717, 1.165) is 22.8 Å². The fourth-order valence-corrected chi connectivity index (χ4v) is 3.41. The summed E-state index contributed by atoms with van der Waals surface area (Å²) in [5.41, 5.74) is 0.238. The van der Waals surface area contributed by atoms with Crippen molar-refractivity contribution in [2.75, 3.05) is 26.0 Å². The maximum Gasteiger partial charge on any atom is 0.143 e. The van der Waals surface area contributed by atoms with Crippen molar-refractivity contribution in [2.24, 2.45) is 5.92 Å². The molecule has 19 heavy (non-hydrogen) atoms. The average molecular weight is 327 g/mol. The van der Waals surface area contributed by atoms with E-state index in [2.05, 4.69) is 57.1 Å². The molecule has 0 spiro atoms. The van der Waals surface area contributed by atoms with Gasteiger partial charge in [-0.3, -0.25) is 0 Å². The second-order valence-electron chi connectivity index (χ2n) is 5.89. The van der Waals surface area contributed by atoms with Crippen molar-refractivity contribution in [1.82, 2.24) is 14.9 Å². The van der Waals surface area contributed by atoms with E-state index in [1.54, 1.807) is 12.5 Å². The highest BCUT2D eigenvalue weighted by Crippen LogP contribution is 2.36. The molecule has 0 amide bonds. The first-order valence-corrected chi connectivity index (χ1v) is 7.69. The van der Waals surface area contributed by atoms with Crippen molar-refractivity contribution >= 4 is 21.7 Å². The van der Waals surface area contributed by atoms with Crippen LogP contribution in [-0.2, 0) is 0 Å². The third kappa shape index (κ3) is 3.45. The van der Waals surface area contributed by atoms with E-state index < -0.39 is 0 Å². The molecule has 1 aromatic heterocycles. The van der Waals surface area contributed by atoms with Gasteiger partial charge in [-0.1, -0.05) is 19.8 Å². The molecule has 0 radical (unpaired) electrons. The minimum atomic E-state index is 0.238. The monoisotopic (exact) mass is 326 g/mol. The van der Waals surface area contributed by atoms with E-state index in [1.807, 2.05) is 0 Å². The van der Waals surface area contributed by atoms with Crippen LogP contribution in [0.2, 0.25) is 0 Å². The van der Waals surface area contributed by atoms with Gasteiger partial charge in [0.1, 0.15) is 12.1 Å². The average Bonchev–Trinajstić information content (AvgIpc) is 2.38. The molecule has 0 aliphatic heterocycles. The van der Waals surface area contributed by atoms with Gasteiger partial charge in [-0.05, 0) is 48.8 Å². The van der Waals surface area contributed by atoms with Gasteiger partial charge in [0, 0.05) is 18.3 Å². The Bertz CT molecular complexity index is 424. The van der Waals surface area contributed by atoms with Crippen LogP contribution in [0.4, 0.5) is 5.82 Å². The van der Waals surface area contributed by atoms with E-state index in [1.165, 1.54) is 25.7 Å². The maximum absolute atomic E-state index is 4.28. The number of nitrogens with one attached hydrogen (secondary N) is 1. The molecule has 0 saturated heterocycles. The fourth-order valence-electron chi connectivity index (χ4n) is 3.05. The lowest BCUT2D eigenvalue weighted by Crippen LogP contribution is -2.52. The van der Waals surface area contributed by atoms with Crippen LogP contribution in [0.1, 0.15) is 32.6 Å². The number of likely N-dealkylation sites (N-methyl/N-ethyl adjacent to an activating group) is 1. The lowest BCUT2D eigenvalue weighted by molar-refractivity contribution is 0.0881. The van der Waals surface area contributed by atoms with Crippen LogP contribution in [0.25, 0.3) is 0 Å². The molecule has 0 aromatic carbocycles.